The van der Waals surface area contributed by atoms with Crippen molar-refractivity contribution in [2.24, 2.45) is 11.1 Å². The quantitative estimate of drug-likeness (QED) is 0.340. The highest BCUT2D eigenvalue weighted by molar-refractivity contribution is 8.00. The van der Waals surface area contributed by atoms with Crippen LogP contribution in [0.15, 0.2) is 57.2 Å². The Bertz CT molecular complexity index is 1660. The van der Waals surface area contributed by atoms with Gasteiger partial charge in [-0.25, -0.2) is 13.6 Å². The van der Waals surface area contributed by atoms with Crippen molar-refractivity contribution < 1.29 is 32.3 Å². The first-order chi connectivity index (χ1) is 18.5. The average Bonchev–Trinajstić information content (AvgIpc) is 3.36. The maximum atomic E-state index is 13.1. The lowest BCUT2D eigenvalue weighted by atomic mass is 9.83. The standard InChI is InChI=1S/C24H22N4O8S3/c1-35-14-8-3-11(9-15(14)36-2)17-18-19(22(31)27-21(18)30)37-23-20(17)38-24(32)28(23)10-16(29)26-12-4-6-13(7-5-12)39(25,33)34/h3-9,17-19H,10H2,1-2H3,(H,26,29)(H2,25,33,34)(H,27,30,31)/t17-,18?,19?/m0/s1. The summed E-state index contributed by atoms with van der Waals surface area (Å²) in [6.07, 6.45) is 0. The van der Waals surface area contributed by atoms with Gasteiger partial charge in [0, 0.05) is 16.5 Å². The second-order valence-electron chi connectivity index (χ2n) is 8.75. The molecule has 204 valence electrons. The molecule has 1 fully saturated rings. The summed E-state index contributed by atoms with van der Waals surface area (Å²) < 4.78 is 34.9. The number of hydrogen-bond acceptors (Lipinski definition) is 10. The molecule has 0 saturated carbocycles. The molecule has 39 heavy (non-hydrogen) atoms. The van der Waals surface area contributed by atoms with Gasteiger partial charge < -0.3 is 14.8 Å². The predicted octanol–water partition coefficient (Wildman–Crippen LogP) is 1.09. The largest absolute Gasteiger partial charge is 0.493 e. The molecule has 1 aromatic heterocycles. The molecule has 3 heterocycles. The summed E-state index contributed by atoms with van der Waals surface area (Å²) in [5.41, 5.74) is 0.961. The summed E-state index contributed by atoms with van der Waals surface area (Å²) >= 11 is 1.99. The Morgan fingerprint density at radius 1 is 1.05 bits per heavy atom. The molecule has 2 aromatic carbocycles. The normalized spacial score (nSPS) is 20.1. The van der Waals surface area contributed by atoms with E-state index in [1.54, 1.807) is 18.2 Å². The van der Waals surface area contributed by atoms with E-state index in [2.05, 4.69) is 10.6 Å². The molecule has 2 unspecified atom stereocenters. The highest BCUT2D eigenvalue weighted by Crippen LogP contribution is 2.52. The summed E-state index contributed by atoms with van der Waals surface area (Å²) in [6.45, 7) is -0.361. The van der Waals surface area contributed by atoms with Crippen molar-refractivity contribution >= 4 is 56.5 Å². The SMILES string of the molecule is COc1ccc([C@@H]2c3sc(=O)n(CC(=O)Nc4ccc(S(N)(=O)=O)cc4)c3SC3C(=O)NC(=O)C32)cc1OC. The van der Waals surface area contributed by atoms with Crippen molar-refractivity contribution in [2.75, 3.05) is 19.5 Å². The summed E-state index contributed by atoms with van der Waals surface area (Å²) in [5, 5.41) is 9.75. The number of amides is 3. The Morgan fingerprint density at radius 2 is 1.74 bits per heavy atom. The molecule has 15 heteroatoms. The molecule has 4 N–H and O–H groups in total. The number of thioether (sulfide) groups is 1. The van der Waals surface area contributed by atoms with Crippen LogP contribution < -0.4 is 30.1 Å². The van der Waals surface area contributed by atoms with Gasteiger partial charge in [-0.2, -0.15) is 0 Å². The summed E-state index contributed by atoms with van der Waals surface area (Å²) in [4.78, 5) is 51.6. The van der Waals surface area contributed by atoms with Crippen LogP contribution in [0, 0.1) is 5.92 Å². The van der Waals surface area contributed by atoms with Gasteiger partial charge in [0.05, 0.1) is 30.1 Å². The minimum Gasteiger partial charge on any atom is -0.493 e. The number of ether oxygens (including phenoxy) is 2. The fourth-order valence-corrected chi connectivity index (χ4v) is 7.91. The molecular weight excluding hydrogens is 568 g/mol. The van der Waals surface area contributed by atoms with E-state index in [0.717, 1.165) is 23.1 Å². The van der Waals surface area contributed by atoms with E-state index in [4.69, 9.17) is 14.6 Å². The first-order valence-electron chi connectivity index (χ1n) is 11.4. The van der Waals surface area contributed by atoms with E-state index >= 15 is 0 Å². The number of benzene rings is 2. The number of fused-ring (bicyclic) bond motifs is 2. The van der Waals surface area contributed by atoms with Crippen LogP contribution in [-0.4, -0.2) is 50.2 Å². The fraction of sp³-hybridized carbons (Fsp3) is 0.250. The van der Waals surface area contributed by atoms with Crippen LogP contribution in [-0.2, 0) is 31.0 Å². The van der Waals surface area contributed by atoms with E-state index in [1.165, 1.54) is 43.1 Å². The Balaban J connectivity index is 1.50. The van der Waals surface area contributed by atoms with Crippen molar-refractivity contribution in [3.63, 3.8) is 0 Å². The third-order valence-corrected chi connectivity index (χ3v) is 9.97. The smallest absolute Gasteiger partial charge is 0.308 e. The van der Waals surface area contributed by atoms with Gasteiger partial charge in [-0.15, -0.1) is 0 Å². The predicted molar refractivity (Wildman–Crippen MR) is 143 cm³/mol. The van der Waals surface area contributed by atoms with E-state index in [9.17, 15) is 27.6 Å². The van der Waals surface area contributed by atoms with E-state index < -0.39 is 49.7 Å². The number of thiazole rings is 1. The van der Waals surface area contributed by atoms with Crippen LogP contribution in [0.2, 0.25) is 0 Å². The lowest BCUT2D eigenvalue weighted by Gasteiger charge is -2.31. The molecule has 0 spiro atoms. The lowest BCUT2D eigenvalue weighted by molar-refractivity contribution is -0.126. The molecule has 12 nitrogen and oxygen atoms in total. The number of aromatic nitrogens is 1. The van der Waals surface area contributed by atoms with Crippen LogP contribution >= 0.6 is 23.1 Å². The highest BCUT2D eigenvalue weighted by atomic mass is 32.2. The number of carbonyl (C=O) groups is 3. The van der Waals surface area contributed by atoms with Crippen molar-refractivity contribution in [3.8, 4) is 11.5 Å². The summed E-state index contributed by atoms with van der Waals surface area (Å²) in [6, 6.07) is 10.4. The Morgan fingerprint density at radius 3 is 2.38 bits per heavy atom. The molecule has 3 aromatic rings. The molecule has 0 bridgehead atoms. The average molecular weight is 591 g/mol. The molecule has 5 rings (SSSR count). The topological polar surface area (TPSA) is 176 Å². The number of methoxy groups -OCH3 is 2. The number of nitrogens with one attached hydrogen (secondary N) is 2. The van der Waals surface area contributed by atoms with Gasteiger partial charge >= 0.3 is 4.87 Å². The second-order valence-corrected chi connectivity index (χ2v) is 12.4. The number of anilines is 1. The Kier molecular flexibility index (Phi) is 7.00. The maximum Gasteiger partial charge on any atom is 0.308 e. The van der Waals surface area contributed by atoms with Gasteiger partial charge in [0.2, 0.25) is 27.7 Å². The molecule has 2 aliphatic heterocycles. The van der Waals surface area contributed by atoms with Gasteiger partial charge in [-0.05, 0) is 42.0 Å². The van der Waals surface area contributed by atoms with Crippen molar-refractivity contribution in [1.82, 2.24) is 9.88 Å². The van der Waals surface area contributed by atoms with Crippen LogP contribution in [0.4, 0.5) is 5.69 Å². The molecule has 1 saturated heterocycles. The van der Waals surface area contributed by atoms with Gasteiger partial charge in [0.1, 0.15) is 11.8 Å². The van der Waals surface area contributed by atoms with Crippen molar-refractivity contribution in [2.45, 2.75) is 27.6 Å². The number of imide groups is 1. The molecule has 3 amide bonds. The van der Waals surface area contributed by atoms with Gasteiger partial charge in [0.15, 0.2) is 11.5 Å². The lowest BCUT2D eigenvalue weighted by Crippen LogP contribution is -2.32. The van der Waals surface area contributed by atoms with Crippen molar-refractivity contribution in [3.05, 3.63) is 62.6 Å². The monoisotopic (exact) mass is 590 g/mol. The summed E-state index contributed by atoms with van der Waals surface area (Å²) in [7, 11) is -0.910. The summed E-state index contributed by atoms with van der Waals surface area (Å²) in [5.74, 6) is -1.92. The fourth-order valence-electron chi connectivity index (χ4n) is 4.65. The third-order valence-electron chi connectivity index (χ3n) is 6.42. The van der Waals surface area contributed by atoms with Gasteiger partial charge in [0.25, 0.3) is 0 Å². The van der Waals surface area contributed by atoms with Crippen LogP contribution in [0.1, 0.15) is 16.4 Å². The zero-order chi connectivity index (χ0) is 28.1. The first kappa shape index (κ1) is 26.9. The number of nitrogens with two attached hydrogens (primary N) is 1. The maximum absolute atomic E-state index is 13.1. The number of carbonyl (C=O) groups excluding carboxylic acids is 3. The third kappa shape index (κ3) is 4.93. The number of nitrogens with zero attached hydrogens (tertiary/aromatic N) is 1. The zero-order valence-corrected chi connectivity index (χ0v) is 22.9. The van der Waals surface area contributed by atoms with E-state index in [0.29, 0.717) is 32.7 Å². The minimum atomic E-state index is -3.89. The molecule has 0 radical (unpaired) electrons. The number of primary sulfonamides is 1. The van der Waals surface area contributed by atoms with Gasteiger partial charge in [-0.1, -0.05) is 29.2 Å². The molecule has 2 aliphatic rings. The van der Waals surface area contributed by atoms with Gasteiger partial charge in [-0.3, -0.25) is 29.1 Å². The van der Waals surface area contributed by atoms with Crippen LogP contribution in [0.5, 0.6) is 11.5 Å². The molecule has 0 aliphatic carbocycles. The zero-order valence-electron chi connectivity index (χ0n) is 20.5. The number of hydrogen-bond donors (Lipinski definition) is 3. The highest BCUT2D eigenvalue weighted by Gasteiger charge is 2.53. The number of rotatable bonds is 7. The van der Waals surface area contributed by atoms with Crippen LogP contribution in [0.3, 0.4) is 0 Å². The number of sulfonamides is 1. The first-order valence-corrected chi connectivity index (χ1v) is 14.7. The molecular formula is C24H22N4O8S3. The Hall–Kier alpha value is -3.66. The second kappa shape index (κ2) is 10.1. The van der Waals surface area contributed by atoms with E-state index in [1.807, 2.05) is 0 Å². The van der Waals surface area contributed by atoms with Crippen LogP contribution in [0.25, 0.3) is 0 Å². The van der Waals surface area contributed by atoms with Crippen molar-refractivity contribution in [1.29, 1.82) is 0 Å². The minimum absolute atomic E-state index is 0.111. The molecule has 3 atom stereocenters. The Labute approximate surface area is 230 Å². The van der Waals surface area contributed by atoms with E-state index in [-0.39, 0.29) is 11.4 Å².